The molecule has 0 amide bonds. The average Bonchev–Trinajstić information content (AvgIpc) is 2.33. The van der Waals surface area contributed by atoms with Gasteiger partial charge in [-0.2, -0.15) is 0 Å². The summed E-state index contributed by atoms with van der Waals surface area (Å²) in [6.45, 7) is 1.40. The van der Waals surface area contributed by atoms with Crippen molar-refractivity contribution in [2.24, 2.45) is 0 Å². The lowest BCUT2D eigenvalue weighted by Crippen LogP contribution is -1.95. The van der Waals surface area contributed by atoms with Crippen LogP contribution in [0.2, 0.25) is 0 Å². The average molecular weight is 235 g/mol. The van der Waals surface area contributed by atoms with Crippen LogP contribution in [0.5, 0.6) is 0 Å². The largest absolute Gasteiger partial charge is 0.392 e. The fraction of sp³-hybridized carbons (Fsp3) is 0.154. The number of pyridine rings is 1. The molecule has 1 aromatic heterocycles. The highest BCUT2D eigenvalue weighted by Crippen LogP contribution is 2.23. The number of hydrogen-bond donors (Lipinski definition) is 1. The fourth-order valence-corrected chi connectivity index (χ4v) is 1.58. The summed E-state index contributed by atoms with van der Waals surface area (Å²) in [5, 5.41) is 8.95. The maximum absolute atomic E-state index is 13.6. The molecule has 1 N–H and O–H groups in total. The van der Waals surface area contributed by atoms with Gasteiger partial charge in [-0.15, -0.1) is 0 Å². The van der Waals surface area contributed by atoms with Gasteiger partial charge in [0.2, 0.25) is 0 Å². The van der Waals surface area contributed by atoms with Gasteiger partial charge in [0.05, 0.1) is 18.5 Å². The lowest BCUT2D eigenvalue weighted by Gasteiger charge is -2.06. The van der Waals surface area contributed by atoms with Crippen molar-refractivity contribution in [1.29, 1.82) is 0 Å². The molecule has 0 fully saturated rings. The van der Waals surface area contributed by atoms with Gasteiger partial charge in [-0.25, -0.2) is 8.78 Å². The van der Waals surface area contributed by atoms with Crippen molar-refractivity contribution < 1.29 is 13.9 Å². The zero-order valence-corrected chi connectivity index (χ0v) is 9.24. The molecule has 0 atom stereocenters. The van der Waals surface area contributed by atoms with Crippen LogP contribution in [0.1, 0.15) is 11.1 Å². The predicted molar refractivity (Wildman–Crippen MR) is 60.2 cm³/mol. The van der Waals surface area contributed by atoms with Gasteiger partial charge in [0.1, 0.15) is 11.6 Å². The van der Waals surface area contributed by atoms with Crippen molar-refractivity contribution in [1.82, 2.24) is 4.98 Å². The molecule has 2 aromatic rings. The van der Waals surface area contributed by atoms with Crippen molar-refractivity contribution >= 4 is 0 Å². The summed E-state index contributed by atoms with van der Waals surface area (Å²) in [5.41, 5.74) is 1.62. The van der Waals surface area contributed by atoms with Crippen LogP contribution in [-0.4, -0.2) is 10.1 Å². The molecule has 1 aromatic carbocycles. The minimum atomic E-state index is -0.593. The molecule has 0 aliphatic carbocycles. The lowest BCUT2D eigenvalue weighted by molar-refractivity contribution is 0.275. The number of hydrogen-bond acceptors (Lipinski definition) is 2. The molecule has 0 aliphatic heterocycles. The van der Waals surface area contributed by atoms with Gasteiger partial charge in [-0.1, -0.05) is 11.6 Å². The number of benzene rings is 1. The van der Waals surface area contributed by atoms with Crippen LogP contribution < -0.4 is 0 Å². The van der Waals surface area contributed by atoms with E-state index >= 15 is 0 Å². The lowest BCUT2D eigenvalue weighted by atomic mass is 10.1. The van der Waals surface area contributed by atoms with E-state index < -0.39 is 18.2 Å². The van der Waals surface area contributed by atoms with E-state index in [-0.39, 0.29) is 5.56 Å². The van der Waals surface area contributed by atoms with Gasteiger partial charge < -0.3 is 5.11 Å². The third kappa shape index (κ3) is 2.31. The topological polar surface area (TPSA) is 33.1 Å². The number of halogens is 2. The number of rotatable bonds is 2. The monoisotopic (exact) mass is 235 g/mol. The van der Waals surface area contributed by atoms with E-state index in [0.717, 1.165) is 11.8 Å². The first-order valence-corrected chi connectivity index (χ1v) is 5.13. The van der Waals surface area contributed by atoms with E-state index in [2.05, 4.69) is 4.98 Å². The maximum atomic E-state index is 13.6. The summed E-state index contributed by atoms with van der Waals surface area (Å²) in [4.78, 5) is 3.83. The normalized spacial score (nSPS) is 10.6. The first-order chi connectivity index (χ1) is 8.11. The third-order valence-corrected chi connectivity index (χ3v) is 2.50. The molecular weight excluding hydrogens is 224 g/mol. The van der Waals surface area contributed by atoms with Gasteiger partial charge in [0.15, 0.2) is 0 Å². The van der Waals surface area contributed by atoms with Gasteiger partial charge in [0.25, 0.3) is 0 Å². The van der Waals surface area contributed by atoms with E-state index in [1.807, 2.05) is 6.92 Å². The molecule has 2 nitrogen and oxygen atoms in total. The molecule has 2 rings (SSSR count). The van der Waals surface area contributed by atoms with E-state index in [9.17, 15) is 8.78 Å². The second-order valence-corrected chi connectivity index (χ2v) is 3.80. The van der Waals surface area contributed by atoms with Gasteiger partial charge >= 0.3 is 0 Å². The molecule has 0 bridgehead atoms. The van der Waals surface area contributed by atoms with E-state index in [4.69, 9.17) is 5.11 Å². The molecular formula is C13H11F2NO. The van der Waals surface area contributed by atoms with Crippen molar-refractivity contribution in [2.45, 2.75) is 13.5 Å². The quantitative estimate of drug-likeness (QED) is 0.868. The van der Waals surface area contributed by atoms with Crippen LogP contribution in [0.3, 0.4) is 0 Å². The van der Waals surface area contributed by atoms with Crippen LogP contribution in [-0.2, 0) is 6.61 Å². The molecule has 0 unspecified atom stereocenters. The Kier molecular flexibility index (Phi) is 3.15. The SMILES string of the molecule is Cc1ccc(F)c(-c2cc(CO)c(F)cn2)c1. The van der Waals surface area contributed by atoms with E-state index in [1.54, 1.807) is 12.1 Å². The Bertz CT molecular complexity index is 555. The number of nitrogens with zero attached hydrogens (tertiary/aromatic N) is 1. The highest BCUT2D eigenvalue weighted by molar-refractivity contribution is 5.61. The first-order valence-electron chi connectivity index (χ1n) is 5.13. The van der Waals surface area contributed by atoms with Crippen molar-refractivity contribution in [3.05, 3.63) is 53.2 Å². The zero-order chi connectivity index (χ0) is 12.4. The standard InChI is InChI=1S/C13H11F2NO/c1-8-2-3-11(14)10(4-8)13-5-9(7-17)12(15)6-16-13/h2-6,17H,7H2,1H3. The van der Waals surface area contributed by atoms with Crippen LogP contribution in [0.4, 0.5) is 8.78 Å². The predicted octanol–water partition coefficient (Wildman–Crippen LogP) is 2.83. The maximum Gasteiger partial charge on any atom is 0.147 e. The van der Waals surface area contributed by atoms with E-state index in [1.165, 1.54) is 12.1 Å². The first kappa shape index (κ1) is 11.7. The van der Waals surface area contributed by atoms with Crippen molar-refractivity contribution in [2.75, 3.05) is 0 Å². The Morgan fingerprint density at radius 1 is 1.18 bits per heavy atom. The number of aryl methyl sites for hydroxylation is 1. The highest BCUT2D eigenvalue weighted by atomic mass is 19.1. The molecule has 0 spiro atoms. The van der Waals surface area contributed by atoms with Crippen LogP contribution in [0, 0.1) is 18.6 Å². The Morgan fingerprint density at radius 3 is 2.65 bits per heavy atom. The van der Waals surface area contributed by atoms with Crippen molar-refractivity contribution in [3.63, 3.8) is 0 Å². The number of aromatic nitrogens is 1. The summed E-state index contributed by atoms with van der Waals surface area (Å²) < 4.78 is 26.7. The molecule has 4 heteroatoms. The Balaban J connectivity index is 2.56. The minimum Gasteiger partial charge on any atom is -0.392 e. The molecule has 17 heavy (non-hydrogen) atoms. The minimum absolute atomic E-state index is 0.107. The molecule has 88 valence electrons. The molecule has 0 saturated carbocycles. The summed E-state index contributed by atoms with van der Waals surface area (Å²) in [6, 6.07) is 5.98. The smallest absolute Gasteiger partial charge is 0.147 e. The second kappa shape index (κ2) is 4.59. The van der Waals surface area contributed by atoms with Crippen molar-refractivity contribution in [3.8, 4) is 11.3 Å². The third-order valence-electron chi connectivity index (χ3n) is 2.50. The molecule has 0 saturated heterocycles. The van der Waals surface area contributed by atoms with Gasteiger partial charge in [-0.05, 0) is 25.1 Å². The molecule has 1 heterocycles. The van der Waals surface area contributed by atoms with Crippen LogP contribution in [0.25, 0.3) is 11.3 Å². The Hall–Kier alpha value is -1.81. The molecule has 0 radical (unpaired) electrons. The second-order valence-electron chi connectivity index (χ2n) is 3.80. The summed E-state index contributed by atoms with van der Waals surface area (Å²) in [5.74, 6) is -1.01. The summed E-state index contributed by atoms with van der Waals surface area (Å²) in [6.07, 6.45) is 0.989. The Labute approximate surface area is 97.6 Å². The summed E-state index contributed by atoms with van der Waals surface area (Å²) >= 11 is 0. The fourth-order valence-electron chi connectivity index (χ4n) is 1.58. The zero-order valence-electron chi connectivity index (χ0n) is 9.24. The number of aliphatic hydroxyl groups excluding tert-OH is 1. The van der Waals surface area contributed by atoms with Gasteiger partial charge in [-0.3, -0.25) is 4.98 Å². The molecule has 0 aliphatic rings. The summed E-state index contributed by atoms with van der Waals surface area (Å²) in [7, 11) is 0. The van der Waals surface area contributed by atoms with Crippen LogP contribution in [0.15, 0.2) is 30.5 Å². The highest BCUT2D eigenvalue weighted by Gasteiger charge is 2.09. The van der Waals surface area contributed by atoms with E-state index in [0.29, 0.717) is 11.3 Å². The van der Waals surface area contributed by atoms with Gasteiger partial charge in [0, 0.05) is 11.1 Å². The van der Waals surface area contributed by atoms with Crippen LogP contribution >= 0.6 is 0 Å². The Morgan fingerprint density at radius 2 is 1.94 bits per heavy atom. The number of aliphatic hydroxyl groups is 1.